The zero-order chi connectivity index (χ0) is 17.4. The normalized spacial score (nSPS) is 24.0. The first kappa shape index (κ1) is 20.9. The Hall–Kier alpha value is -1.09. The number of allylic oxidation sites excluding steroid dienone is 1. The molecular formula is C18H29ClO3. The molecule has 1 rings (SSSR count). The second-order valence-corrected chi connectivity index (χ2v) is 6.95. The first-order valence-corrected chi connectivity index (χ1v) is 8.15. The van der Waals surface area contributed by atoms with Gasteiger partial charge in [-0.2, -0.15) is 0 Å². The van der Waals surface area contributed by atoms with Gasteiger partial charge in [0.15, 0.2) is 0 Å². The van der Waals surface area contributed by atoms with Crippen molar-refractivity contribution in [2.75, 3.05) is 0 Å². The minimum absolute atomic E-state index is 0.0907. The lowest BCUT2D eigenvalue weighted by atomic mass is 9.75. The monoisotopic (exact) mass is 328 g/mol. The second kappa shape index (κ2) is 9.83. The number of rotatable bonds is 4. The average Bonchev–Trinajstić information content (AvgIpc) is 2.38. The maximum Gasteiger partial charge on any atom is 0.333 e. The Kier molecular flexibility index (Phi) is 9.34. The van der Waals surface area contributed by atoms with Crippen molar-refractivity contribution >= 4 is 22.8 Å². The molecule has 0 heterocycles. The van der Waals surface area contributed by atoms with Crippen LogP contribution < -0.4 is 0 Å². The molecule has 0 aromatic rings. The maximum atomic E-state index is 11.6. The summed E-state index contributed by atoms with van der Waals surface area (Å²) in [6.45, 7) is 16.8. The Morgan fingerprint density at radius 1 is 1.14 bits per heavy atom. The summed E-state index contributed by atoms with van der Waals surface area (Å²) in [5, 5.41) is -0.463. The number of ether oxygens (including phenoxy) is 1. The lowest BCUT2D eigenvalue weighted by Gasteiger charge is -2.36. The molecule has 1 fully saturated rings. The van der Waals surface area contributed by atoms with Crippen molar-refractivity contribution in [1.82, 2.24) is 0 Å². The van der Waals surface area contributed by atoms with Gasteiger partial charge in [-0.3, -0.25) is 4.79 Å². The quantitative estimate of drug-likeness (QED) is 0.419. The van der Waals surface area contributed by atoms with Gasteiger partial charge in [-0.25, -0.2) is 4.79 Å². The van der Waals surface area contributed by atoms with Crippen molar-refractivity contribution in [1.29, 1.82) is 0 Å². The Labute approximate surface area is 139 Å². The molecule has 1 saturated carbocycles. The fourth-order valence-corrected chi connectivity index (χ4v) is 2.49. The van der Waals surface area contributed by atoms with Gasteiger partial charge in [-0.15, -0.1) is 0 Å². The Bertz CT molecular complexity index is 414. The molecule has 0 spiro atoms. The van der Waals surface area contributed by atoms with E-state index in [0.29, 0.717) is 28.9 Å². The van der Waals surface area contributed by atoms with E-state index in [9.17, 15) is 9.59 Å². The van der Waals surface area contributed by atoms with E-state index in [1.54, 1.807) is 13.8 Å². The fraction of sp³-hybridized carbons (Fsp3) is 0.667. The molecule has 4 heteroatoms. The van der Waals surface area contributed by atoms with Gasteiger partial charge in [0, 0.05) is 11.1 Å². The van der Waals surface area contributed by atoms with Crippen LogP contribution in [0.1, 0.15) is 53.9 Å². The van der Waals surface area contributed by atoms with Crippen LogP contribution in [0.25, 0.3) is 0 Å². The third-order valence-corrected chi connectivity index (χ3v) is 4.23. The Morgan fingerprint density at radius 3 is 2.00 bits per heavy atom. The van der Waals surface area contributed by atoms with Gasteiger partial charge in [0.2, 0.25) is 5.24 Å². The van der Waals surface area contributed by atoms with Crippen LogP contribution in [0.4, 0.5) is 0 Å². The molecule has 126 valence electrons. The van der Waals surface area contributed by atoms with Crippen LogP contribution in [0.3, 0.4) is 0 Å². The fourth-order valence-electron chi connectivity index (χ4n) is 2.49. The van der Waals surface area contributed by atoms with Crippen LogP contribution in [-0.2, 0) is 14.3 Å². The summed E-state index contributed by atoms with van der Waals surface area (Å²) >= 11 is 4.87. The standard InChI is InChI=1S/C14H24O2.C4H5ClO/c1-9(2)12-7-6-11(5)8-13(12)16-14(15)10(3)4;1-3(2)4(5)6/h9,11-13H,3,6-8H2,1-2,4-5H3;1H2,2H3/t11-,12+,13?;/m1./s1. The van der Waals surface area contributed by atoms with E-state index in [2.05, 4.69) is 33.9 Å². The smallest absolute Gasteiger partial charge is 0.333 e. The van der Waals surface area contributed by atoms with Crippen molar-refractivity contribution in [2.24, 2.45) is 17.8 Å². The van der Waals surface area contributed by atoms with E-state index in [1.165, 1.54) is 12.8 Å². The summed E-state index contributed by atoms with van der Waals surface area (Å²) in [5.74, 6) is 1.53. The van der Waals surface area contributed by atoms with Crippen molar-refractivity contribution in [3.63, 3.8) is 0 Å². The zero-order valence-corrected chi connectivity index (χ0v) is 15.2. The van der Waals surface area contributed by atoms with E-state index in [4.69, 9.17) is 16.3 Å². The molecule has 0 aromatic heterocycles. The van der Waals surface area contributed by atoms with Gasteiger partial charge in [-0.05, 0) is 56.0 Å². The third kappa shape index (κ3) is 7.79. The van der Waals surface area contributed by atoms with E-state index in [-0.39, 0.29) is 12.1 Å². The van der Waals surface area contributed by atoms with Gasteiger partial charge in [0.25, 0.3) is 0 Å². The first-order chi connectivity index (χ1) is 10.1. The predicted octanol–water partition coefficient (Wildman–Crippen LogP) is 4.89. The minimum atomic E-state index is -0.463. The molecule has 0 amide bonds. The topological polar surface area (TPSA) is 43.4 Å². The number of hydrogen-bond acceptors (Lipinski definition) is 3. The molecular weight excluding hydrogens is 300 g/mol. The maximum absolute atomic E-state index is 11.6. The number of hydrogen-bond donors (Lipinski definition) is 0. The first-order valence-electron chi connectivity index (χ1n) is 7.78. The summed E-state index contributed by atoms with van der Waals surface area (Å²) in [4.78, 5) is 21.4. The van der Waals surface area contributed by atoms with Crippen LogP contribution in [0.15, 0.2) is 24.3 Å². The highest BCUT2D eigenvalue weighted by molar-refractivity contribution is 6.67. The summed E-state index contributed by atoms with van der Waals surface area (Å²) in [5.41, 5.74) is 0.886. The Morgan fingerprint density at radius 2 is 1.64 bits per heavy atom. The van der Waals surface area contributed by atoms with Crippen LogP contribution in [-0.4, -0.2) is 17.3 Å². The summed E-state index contributed by atoms with van der Waals surface area (Å²) in [6, 6.07) is 0. The highest BCUT2D eigenvalue weighted by Crippen LogP contribution is 2.35. The van der Waals surface area contributed by atoms with Crippen LogP contribution in [0, 0.1) is 17.8 Å². The SMILES string of the molecule is C=C(C)C(=O)Cl.C=C(C)C(=O)OC1C[C@H](C)CC[C@H]1C(C)C. The molecule has 1 aliphatic carbocycles. The predicted molar refractivity (Wildman–Crippen MR) is 91.7 cm³/mol. The van der Waals surface area contributed by atoms with Crippen molar-refractivity contribution in [3.05, 3.63) is 24.3 Å². The van der Waals surface area contributed by atoms with Crippen molar-refractivity contribution < 1.29 is 14.3 Å². The lowest BCUT2D eigenvalue weighted by molar-refractivity contribution is -0.151. The molecule has 0 saturated heterocycles. The number of carbonyl (C=O) groups is 2. The van der Waals surface area contributed by atoms with Crippen molar-refractivity contribution in [2.45, 2.75) is 60.0 Å². The Balaban J connectivity index is 0.000000626. The highest BCUT2D eigenvalue weighted by atomic mass is 35.5. The minimum Gasteiger partial charge on any atom is -0.459 e. The van der Waals surface area contributed by atoms with E-state index >= 15 is 0 Å². The van der Waals surface area contributed by atoms with E-state index < -0.39 is 5.24 Å². The second-order valence-electron chi connectivity index (χ2n) is 6.60. The molecule has 0 bridgehead atoms. The van der Waals surface area contributed by atoms with Gasteiger partial charge < -0.3 is 4.74 Å². The molecule has 0 aromatic carbocycles. The van der Waals surface area contributed by atoms with Gasteiger partial charge in [-0.1, -0.05) is 40.3 Å². The molecule has 0 aliphatic heterocycles. The molecule has 22 heavy (non-hydrogen) atoms. The van der Waals surface area contributed by atoms with E-state index in [1.807, 2.05) is 0 Å². The number of halogens is 1. The molecule has 1 unspecified atom stereocenters. The summed E-state index contributed by atoms with van der Waals surface area (Å²) in [7, 11) is 0. The number of carbonyl (C=O) groups excluding carboxylic acids is 2. The van der Waals surface area contributed by atoms with Crippen LogP contribution in [0.5, 0.6) is 0 Å². The molecule has 0 N–H and O–H groups in total. The van der Waals surface area contributed by atoms with Crippen LogP contribution >= 0.6 is 11.6 Å². The van der Waals surface area contributed by atoms with Crippen molar-refractivity contribution in [3.8, 4) is 0 Å². The summed E-state index contributed by atoms with van der Waals surface area (Å²) in [6.07, 6.45) is 3.52. The lowest BCUT2D eigenvalue weighted by Crippen LogP contribution is -2.35. The average molecular weight is 329 g/mol. The largest absolute Gasteiger partial charge is 0.459 e. The summed E-state index contributed by atoms with van der Waals surface area (Å²) < 4.78 is 5.56. The molecule has 1 aliphatic rings. The highest BCUT2D eigenvalue weighted by Gasteiger charge is 2.33. The third-order valence-electron chi connectivity index (χ3n) is 3.90. The van der Waals surface area contributed by atoms with E-state index in [0.717, 1.165) is 6.42 Å². The molecule has 3 nitrogen and oxygen atoms in total. The molecule has 3 atom stereocenters. The van der Waals surface area contributed by atoms with Gasteiger partial charge >= 0.3 is 5.97 Å². The van der Waals surface area contributed by atoms with Gasteiger partial charge in [0.1, 0.15) is 6.10 Å². The number of esters is 1. The zero-order valence-electron chi connectivity index (χ0n) is 14.4. The molecule has 0 radical (unpaired) electrons. The van der Waals surface area contributed by atoms with Crippen LogP contribution in [0.2, 0.25) is 0 Å². The van der Waals surface area contributed by atoms with Gasteiger partial charge in [0.05, 0.1) is 0 Å².